The summed E-state index contributed by atoms with van der Waals surface area (Å²) in [4.78, 5) is 21.4. The maximum atomic E-state index is 12.8. The summed E-state index contributed by atoms with van der Waals surface area (Å²) in [7, 11) is 4.70. The number of carbonyl (C=O) groups is 1. The molecule has 0 radical (unpaired) electrons. The summed E-state index contributed by atoms with van der Waals surface area (Å²) >= 11 is 0. The number of methoxy groups -OCH3 is 3. The minimum atomic E-state index is -0.204. The topological polar surface area (TPSA) is 123 Å². The van der Waals surface area contributed by atoms with Crippen LogP contribution in [0.25, 0.3) is 16.7 Å². The van der Waals surface area contributed by atoms with Gasteiger partial charge in [0.25, 0.3) is 0 Å². The highest BCUT2D eigenvalue weighted by Gasteiger charge is 2.26. The number of nitrogens with one attached hydrogen (secondary N) is 1. The molecule has 35 heavy (non-hydrogen) atoms. The molecule has 0 unspecified atom stereocenters. The molecule has 0 saturated carbocycles. The third-order valence-electron chi connectivity index (χ3n) is 5.96. The Bertz CT molecular complexity index is 1410. The zero-order valence-corrected chi connectivity index (χ0v) is 19.6. The predicted molar refractivity (Wildman–Crippen MR) is 130 cm³/mol. The maximum absolute atomic E-state index is 12.8. The highest BCUT2D eigenvalue weighted by molar-refractivity contribution is 5.95. The number of benzene rings is 2. The Hall–Kier alpha value is -4.31. The summed E-state index contributed by atoms with van der Waals surface area (Å²) in [6, 6.07) is 10.9. The van der Waals surface area contributed by atoms with Crippen LogP contribution in [0.2, 0.25) is 0 Å². The fraction of sp³-hybridized carbons (Fsp3) is 0.240. The molecule has 5 rings (SSSR count). The van der Waals surface area contributed by atoms with E-state index in [4.69, 9.17) is 24.7 Å². The van der Waals surface area contributed by atoms with Gasteiger partial charge in [-0.05, 0) is 29.8 Å². The first-order valence-electron chi connectivity index (χ1n) is 10.9. The summed E-state index contributed by atoms with van der Waals surface area (Å²) in [6.45, 7) is 0.908. The lowest BCUT2D eigenvalue weighted by Crippen LogP contribution is -2.15. The van der Waals surface area contributed by atoms with E-state index in [1.54, 1.807) is 45.6 Å². The summed E-state index contributed by atoms with van der Waals surface area (Å²) in [5.74, 6) is 1.92. The fourth-order valence-electron chi connectivity index (χ4n) is 4.35. The molecule has 10 heteroatoms. The van der Waals surface area contributed by atoms with Crippen molar-refractivity contribution < 1.29 is 23.7 Å². The number of fused-ring (bicyclic) bond motifs is 3. The first kappa shape index (κ1) is 22.5. The average Bonchev–Trinajstić information content (AvgIpc) is 3.46. The van der Waals surface area contributed by atoms with Crippen LogP contribution >= 0.6 is 0 Å². The summed E-state index contributed by atoms with van der Waals surface area (Å²) in [5, 5.41) is 2.93. The van der Waals surface area contributed by atoms with E-state index in [9.17, 15) is 4.79 Å². The van der Waals surface area contributed by atoms with Gasteiger partial charge < -0.3 is 34.6 Å². The quantitative estimate of drug-likeness (QED) is 0.418. The lowest BCUT2D eigenvalue weighted by atomic mass is 10.1. The van der Waals surface area contributed by atoms with Crippen molar-refractivity contribution in [1.82, 2.24) is 14.5 Å². The Morgan fingerprint density at radius 1 is 1.06 bits per heavy atom. The zero-order valence-electron chi connectivity index (χ0n) is 19.6. The van der Waals surface area contributed by atoms with Gasteiger partial charge >= 0.3 is 0 Å². The highest BCUT2D eigenvalue weighted by Crippen LogP contribution is 2.37. The van der Waals surface area contributed by atoms with Gasteiger partial charge in [0.1, 0.15) is 34.6 Å². The van der Waals surface area contributed by atoms with E-state index in [1.165, 1.54) is 6.33 Å². The molecule has 0 bridgehead atoms. The molecule has 1 aliphatic rings. The van der Waals surface area contributed by atoms with Gasteiger partial charge in [-0.25, -0.2) is 9.97 Å². The summed E-state index contributed by atoms with van der Waals surface area (Å²) in [6.07, 6.45) is 1.59. The van der Waals surface area contributed by atoms with Crippen LogP contribution in [-0.2, 0) is 29.2 Å². The van der Waals surface area contributed by atoms with Crippen molar-refractivity contribution in [2.24, 2.45) is 0 Å². The second-order valence-corrected chi connectivity index (χ2v) is 8.04. The lowest BCUT2D eigenvalue weighted by molar-refractivity contribution is -0.115. The van der Waals surface area contributed by atoms with Crippen molar-refractivity contribution >= 4 is 28.4 Å². The Morgan fingerprint density at radius 3 is 2.54 bits per heavy atom. The van der Waals surface area contributed by atoms with Crippen molar-refractivity contribution in [1.29, 1.82) is 0 Å². The van der Waals surface area contributed by atoms with Crippen molar-refractivity contribution in [2.75, 3.05) is 32.4 Å². The van der Waals surface area contributed by atoms with Crippen LogP contribution in [0.5, 0.6) is 17.2 Å². The number of nitrogens with two attached hydrogens (primary N) is 1. The van der Waals surface area contributed by atoms with Gasteiger partial charge in [0.05, 0.1) is 52.3 Å². The molecule has 4 aromatic rings. The molecule has 180 valence electrons. The van der Waals surface area contributed by atoms with E-state index < -0.39 is 0 Å². The van der Waals surface area contributed by atoms with Crippen LogP contribution < -0.4 is 25.3 Å². The van der Waals surface area contributed by atoms with Crippen LogP contribution in [0.1, 0.15) is 16.8 Å². The highest BCUT2D eigenvalue weighted by atomic mass is 16.5. The van der Waals surface area contributed by atoms with Crippen LogP contribution in [-0.4, -0.2) is 41.8 Å². The molecule has 3 N–H and O–H groups in total. The first-order valence-corrected chi connectivity index (χ1v) is 10.9. The Labute approximate surface area is 201 Å². The van der Waals surface area contributed by atoms with Crippen LogP contribution in [0.3, 0.4) is 0 Å². The van der Waals surface area contributed by atoms with E-state index in [2.05, 4.69) is 15.3 Å². The minimum absolute atomic E-state index is 0.138. The number of carbonyl (C=O) groups excluding carboxylic acids is 1. The molecule has 3 heterocycles. The molecule has 2 aromatic heterocycles. The van der Waals surface area contributed by atoms with Gasteiger partial charge in [-0.15, -0.1) is 0 Å². The van der Waals surface area contributed by atoms with E-state index in [0.29, 0.717) is 42.0 Å². The molecule has 0 aliphatic carbocycles. The van der Waals surface area contributed by atoms with Crippen LogP contribution in [0, 0.1) is 0 Å². The van der Waals surface area contributed by atoms with E-state index in [1.807, 2.05) is 16.7 Å². The molecule has 2 aromatic carbocycles. The van der Waals surface area contributed by atoms with Gasteiger partial charge in [0.2, 0.25) is 5.91 Å². The number of ether oxygens (including phenoxy) is 4. The van der Waals surface area contributed by atoms with Crippen molar-refractivity contribution in [3.63, 3.8) is 0 Å². The molecule has 1 aliphatic heterocycles. The largest absolute Gasteiger partial charge is 0.497 e. The molecule has 1 amide bonds. The van der Waals surface area contributed by atoms with Crippen LogP contribution in [0.4, 0.5) is 11.5 Å². The Kier molecular flexibility index (Phi) is 5.87. The number of nitrogen functional groups attached to an aromatic ring is 1. The summed E-state index contributed by atoms with van der Waals surface area (Å²) < 4.78 is 23.8. The molecule has 0 fully saturated rings. The molecule has 0 atom stereocenters. The molecule has 0 spiro atoms. The van der Waals surface area contributed by atoms with Crippen molar-refractivity contribution in [3.05, 3.63) is 59.5 Å². The molecule has 0 saturated heterocycles. The predicted octanol–water partition coefficient (Wildman–Crippen LogP) is 3.24. The van der Waals surface area contributed by atoms with Gasteiger partial charge in [-0.3, -0.25) is 4.79 Å². The number of nitrogens with zero attached hydrogens (tertiary/aromatic N) is 3. The first-order chi connectivity index (χ1) is 17.0. The lowest BCUT2D eigenvalue weighted by Gasteiger charge is -2.15. The van der Waals surface area contributed by atoms with E-state index in [0.717, 1.165) is 33.5 Å². The minimum Gasteiger partial charge on any atom is -0.497 e. The number of aromatic nitrogens is 3. The van der Waals surface area contributed by atoms with Gasteiger partial charge in [0, 0.05) is 23.4 Å². The number of anilines is 2. The van der Waals surface area contributed by atoms with Gasteiger partial charge in [0.15, 0.2) is 5.82 Å². The third-order valence-corrected chi connectivity index (χ3v) is 5.96. The number of amides is 1. The smallest absolute Gasteiger partial charge is 0.228 e. The molecular formula is C25H25N5O5. The number of hydrogen-bond donors (Lipinski definition) is 2. The fourth-order valence-corrected chi connectivity index (χ4v) is 4.35. The van der Waals surface area contributed by atoms with Crippen molar-refractivity contribution in [3.8, 4) is 22.9 Å². The normalized spacial score (nSPS) is 12.4. The maximum Gasteiger partial charge on any atom is 0.228 e. The number of hydrogen-bond acceptors (Lipinski definition) is 8. The van der Waals surface area contributed by atoms with Gasteiger partial charge in [-0.2, -0.15) is 0 Å². The standard InChI is InChI=1S/C25H25N5O5/c1-32-16-6-14(7-17(10-16)33-2)8-22(31)29-19-5-4-15(9-21(19)34-3)30-20-12-35-11-18(20)23-24(30)25(26)28-13-27-23/h4-7,9-10,13H,8,11-12H2,1-3H3,(H,29,31)(H2,26,27,28). The zero-order chi connectivity index (χ0) is 24.5. The monoisotopic (exact) mass is 475 g/mol. The second-order valence-electron chi connectivity index (χ2n) is 8.04. The van der Waals surface area contributed by atoms with Crippen molar-refractivity contribution in [2.45, 2.75) is 19.6 Å². The van der Waals surface area contributed by atoms with E-state index >= 15 is 0 Å². The average molecular weight is 476 g/mol. The Balaban J connectivity index is 1.45. The summed E-state index contributed by atoms with van der Waals surface area (Å²) in [5.41, 5.74) is 11.8. The Morgan fingerprint density at radius 2 is 1.83 bits per heavy atom. The molecular weight excluding hydrogens is 450 g/mol. The van der Waals surface area contributed by atoms with Crippen LogP contribution in [0.15, 0.2) is 42.7 Å². The molecule has 10 nitrogen and oxygen atoms in total. The van der Waals surface area contributed by atoms with Gasteiger partial charge in [-0.1, -0.05) is 0 Å². The number of rotatable bonds is 7. The SMILES string of the molecule is COc1cc(CC(=O)Nc2ccc(-n3c4c(c5ncnc(N)c53)COC4)cc2OC)cc(OC)c1. The second kappa shape index (κ2) is 9.15. The van der Waals surface area contributed by atoms with E-state index in [-0.39, 0.29) is 12.3 Å². The third kappa shape index (κ3) is 4.08.